The Labute approximate surface area is 51.1 Å². The third-order valence-corrected chi connectivity index (χ3v) is 1.97. The Kier molecular flexibility index (Phi) is 4.20. The van der Waals surface area contributed by atoms with E-state index in [-0.39, 0.29) is 6.10 Å². The average Bonchev–Trinajstić information content (AvgIpc) is 1.65. The van der Waals surface area contributed by atoms with E-state index in [1.807, 2.05) is 20.8 Å². The van der Waals surface area contributed by atoms with Gasteiger partial charge in [-0.2, -0.15) is 0 Å². The molecule has 0 aliphatic heterocycles. The summed E-state index contributed by atoms with van der Waals surface area (Å²) in [6.45, 7) is 5.64. The fraction of sp³-hybridized carbons (Fsp3) is 1.00. The van der Waals surface area contributed by atoms with Gasteiger partial charge in [-0.3, -0.25) is 4.57 Å². The molecule has 3 heteroatoms. The van der Waals surface area contributed by atoms with E-state index in [0.717, 1.165) is 0 Å². The quantitative estimate of drug-likeness (QED) is 0.554. The molecule has 0 aliphatic carbocycles. The molecule has 2 nitrogen and oxygen atoms in total. The molecule has 0 spiro atoms. The van der Waals surface area contributed by atoms with Gasteiger partial charge in [0.05, 0.1) is 6.10 Å². The molecule has 0 radical (unpaired) electrons. The molecule has 0 fully saturated rings. The normalized spacial score (nSPS) is 14.5. The van der Waals surface area contributed by atoms with Crippen molar-refractivity contribution in [3.8, 4) is 0 Å². The van der Waals surface area contributed by atoms with Crippen molar-refractivity contribution in [1.29, 1.82) is 0 Å². The van der Waals surface area contributed by atoms with Crippen LogP contribution in [0.1, 0.15) is 20.8 Å². The van der Waals surface area contributed by atoms with Gasteiger partial charge >= 0.3 is 0 Å². The minimum Gasteiger partial charge on any atom is -0.328 e. The zero-order valence-electron chi connectivity index (χ0n) is 5.60. The second kappa shape index (κ2) is 4.11. The van der Waals surface area contributed by atoms with Crippen LogP contribution >= 0.6 is 8.03 Å². The summed E-state index contributed by atoms with van der Waals surface area (Å²) in [6.07, 6.45) is 0.768. The van der Waals surface area contributed by atoms with Crippen LogP contribution in [0.4, 0.5) is 0 Å². The molecule has 0 saturated carbocycles. The van der Waals surface area contributed by atoms with Gasteiger partial charge < -0.3 is 4.52 Å². The van der Waals surface area contributed by atoms with E-state index >= 15 is 0 Å². The minimum atomic E-state index is -1.68. The van der Waals surface area contributed by atoms with E-state index in [1.165, 1.54) is 0 Å². The monoisotopic (exact) mass is 136 g/mol. The molecule has 0 bridgehead atoms. The lowest BCUT2D eigenvalue weighted by atomic mass is 10.5. The van der Waals surface area contributed by atoms with Gasteiger partial charge in [-0.25, -0.2) is 0 Å². The maximum Gasteiger partial charge on any atom is 0.191 e. The molecular formula is C5H13O2P. The van der Waals surface area contributed by atoms with Crippen molar-refractivity contribution >= 4 is 8.03 Å². The van der Waals surface area contributed by atoms with E-state index < -0.39 is 8.03 Å². The first-order valence-electron chi connectivity index (χ1n) is 2.86. The van der Waals surface area contributed by atoms with E-state index in [2.05, 4.69) is 0 Å². The van der Waals surface area contributed by atoms with E-state index in [0.29, 0.717) is 6.16 Å². The Balaban J connectivity index is 3.25. The highest BCUT2D eigenvalue weighted by atomic mass is 31.1. The summed E-state index contributed by atoms with van der Waals surface area (Å²) < 4.78 is 15.5. The van der Waals surface area contributed by atoms with Gasteiger partial charge in [0.1, 0.15) is 0 Å². The van der Waals surface area contributed by atoms with Gasteiger partial charge in [0.25, 0.3) is 0 Å². The van der Waals surface area contributed by atoms with Crippen LogP contribution in [0.15, 0.2) is 0 Å². The first-order chi connectivity index (χ1) is 3.66. The second-order valence-electron chi connectivity index (χ2n) is 1.89. The minimum absolute atomic E-state index is 0.112. The van der Waals surface area contributed by atoms with E-state index in [9.17, 15) is 4.57 Å². The molecule has 0 amide bonds. The lowest BCUT2D eigenvalue weighted by Crippen LogP contribution is -1.94. The van der Waals surface area contributed by atoms with Crippen LogP contribution in [0.3, 0.4) is 0 Å². The maximum absolute atomic E-state index is 10.6. The highest BCUT2D eigenvalue weighted by molar-refractivity contribution is 7.39. The zero-order valence-corrected chi connectivity index (χ0v) is 6.60. The van der Waals surface area contributed by atoms with Gasteiger partial charge in [-0.15, -0.1) is 0 Å². The molecule has 1 atom stereocenters. The molecule has 0 saturated heterocycles. The molecular weight excluding hydrogens is 123 g/mol. The van der Waals surface area contributed by atoms with Gasteiger partial charge in [-0.1, -0.05) is 6.92 Å². The predicted molar refractivity (Wildman–Crippen MR) is 35.8 cm³/mol. The fourth-order valence-corrected chi connectivity index (χ4v) is 1.04. The Hall–Kier alpha value is 0.190. The highest BCUT2D eigenvalue weighted by Crippen LogP contribution is 2.22. The molecule has 0 rings (SSSR count). The summed E-state index contributed by atoms with van der Waals surface area (Å²) in [5.41, 5.74) is 0. The van der Waals surface area contributed by atoms with Crippen molar-refractivity contribution in [2.45, 2.75) is 26.9 Å². The summed E-state index contributed by atoms with van der Waals surface area (Å²) in [5, 5.41) is 0. The van der Waals surface area contributed by atoms with E-state index in [4.69, 9.17) is 4.52 Å². The zero-order chi connectivity index (χ0) is 6.57. The van der Waals surface area contributed by atoms with Crippen LogP contribution in [0.2, 0.25) is 0 Å². The van der Waals surface area contributed by atoms with Crippen LogP contribution < -0.4 is 0 Å². The van der Waals surface area contributed by atoms with Crippen LogP contribution in [-0.2, 0) is 9.09 Å². The first kappa shape index (κ1) is 8.19. The highest BCUT2D eigenvalue weighted by Gasteiger charge is 1.96. The number of rotatable bonds is 3. The molecule has 0 heterocycles. The SMILES string of the molecule is CC[PH](=O)OC(C)C. The smallest absolute Gasteiger partial charge is 0.191 e. The molecule has 8 heavy (non-hydrogen) atoms. The van der Waals surface area contributed by atoms with Gasteiger partial charge in [0.15, 0.2) is 8.03 Å². The molecule has 0 N–H and O–H groups in total. The topological polar surface area (TPSA) is 26.3 Å². The standard InChI is InChI=1S/C5H13O2P/c1-4-8(6)7-5(2)3/h5,8H,4H2,1-3H3. The number of hydrogen-bond acceptors (Lipinski definition) is 2. The fourth-order valence-electron chi connectivity index (χ4n) is 0.346. The molecule has 50 valence electrons. The summed E-state index contributed by atoms with van der Waals surface area (Å²) in [4.78, 5) is 0. The third kappa shape index (κ3) is 4.35. The molecule has 0 aromatic rings. The Bertz CT molecular complexity index is 80.5. The number of hydrogen-bond donors (Lipinski definition) is 0. The van der Waals surface area contributed by atoms with Crippen molar-refractivity contribution in [3.05, 3.63) is 0 Å². The Morgan fingerprint density at radius 2 is 2.12 bits per heavy atom. The van der Waals surface area contributed by atoms with Gasteiger partial charge in [0, 0.05) is 6.16 Å². The van der Waals surface area contributed by atoms with Crippen LogP contribution in [0, 0.1) is 0 Å². The van der Waals surface area contributed by atoms with Crippen molar-refractivity contribution in [2.24, 2.45) is 0 Å². The van der Waals surface area contributed by atoms with Crippen molar-refractivity contribution in [1.82, 2.24) is 0 Å². The van der Waals surface area contributed by atoms with Crippen LogP contribution in [-0.4, -0.2) is 12.3 Å². The van der Waals surface area contributed by atoms with Crippen molar-refractivity contribution < 1.29 is 9.09 Å². The maximum atomic E-state index is 10.6. The third-order valence-electron chi connectivity index (χ3n) is 0.656. The van der Waals surface area contributed by atoms with Crippen molar-refractivity contribution in [2.75, 3.05) is 6.16 Å². The average molecular weight is 136 g/mol. The lowest BCUT2D eigenvalue weighted by Gasteiger charge is -2.03. The van der Waals surface area contributed by atoms with Gasteiger partial charge in [-0.05, 0) is 13.8 Å². The Morgan fingerprint density at radius 3 is 2.25 bits per heavy atom. The van der Waals surface area contributed by atoms with Crippen molar-refractivity contribution in [3.63, 3.8) is 0 Å². The molecule has 1 unspecified atom stereocenters. The lowest BCUT2D eigenvalue weighted by molar-refractivity contribution is 0.256. The summed E-state index contributed by atoms with van der Waals surface area (Å²) in [6, 6.07) is 0. The van der Waals surface area contributed by atoms with E-state index in [1.54, 1.807) is 0 Å². The van der Waals surface area contributed by atoms with Gasteiger partial charge in [0.2, 0.25) is 0 Å². The summed E-state index contributed by atoms with van der Waals surface area (Å²) >= 11 is 0. The first-order valence-corrected chi connectivity index (χ1v) is 4.38. The largest absolute Gasteiger partial charge is 0.328 e. The summed E-state index contributed by atoms with van der Waals surface area (Å²) in [5.74, 6) is 0. The predicted octanol–water partition coefficient (Wildman–Crippen LogP) is 1.91. The second-order valence-corrected chi connectivity index (χ2v) is 3.58. The molecule has 0 aromatic carbocycles. The molecule has 0 aliphatic rings. The molecule has 0 aromatic heterocycles. The summed E-state index contributed by atoms with van der Waals surface area (Å²) in [7, 11) is -1.68. The Morgan fingerprint density at radius 1 is 1.62 bits per heavy atom. The van der Waals surface area contributed by atoms with Crippen LogP contribution in [0.25, 0.3) is 0 Å². The van der Waals surface area contributed by atoms with Crippen LogP contribution in [0.5, 0.6) is 0 Å².